The minimum Gasteiger partial charge on any atom is -0.477 e. The van der Waals surface area contributed by atoms with Gasteiger partial charge < -0.3 is 85.7 Å². The summed E-state index contributed by atoms with van der Waals surface area (Å²) in [6.45, 7) is 12.6. The molecule has 1 saturated heterocycles. The number of benzene rings is 2. The van der Waals surface area contributed by atoms with Crippen LogP contribution in [-0.2, 0) is 58.0 Å². The molecule has 15 heterocycles. The van der Waals surface area contributed by atoms with E-state index >= 15 is 0 Å². The number of rotatable bonds is 24. The van der Waals surface area contributed by atoms with E-state index in [1.54, 1.807) is 124 Å². The summed E-state index contributed by atoms with van der Waals surface area (Å²) in [6, 6.07) is 30.8. The summed E-state index contributed by atoms with van der Waals surface area (Å²) in [5, 5.41) is 28.3. The molecule has 10 N–H and O–H groups in total. The number of thiazole rings is 2. The quantitative estimate of drug-likeness (QED) is 0.00511. The first-order valence-electron chi connectivity index (χ1n) is 41.9. The van der Waals surface area contributed by atoms with Crippen LogP contribution < -0.4 is 61.9 Å². The normalized spacial score (nSPS) is 11.1. The average Bonchev–Trinajstić information content (AvgIpc) is 1.82. The molecule has 1 aliphatic rings. The smallest absolute Gasteiger partial charge is 0.477 e. The van der Waals surface area contributed by atoms with Crippen molar-refractivity contribution in [1.29, 1.82) is 0 Å². The van der Waals surface area contributed by atoms with Gasteiger partial charge in [-0.25, -0.2) is 66.8 Å². The molecule has 0 bridgehead atoms. The number of alkyl carbamates (subject to hydrolysis) is 2. The number of hydrogen-bond donors (Lipinski definition) is 10. The number of ketones is 3. The fraction of sp³-hybridized carbons (Fsp3) is 0.237. The molecule has 0 saturated carbocycles. The molecule has 2 aromatic carbocycles. The number of pyridine rings is 7. The summed E-state index contributed by atoms with van der Waals surface area (Å²) >= 11 is 8.52. The molecule has 0 unspecified atom stereocenters. The van der Waals surface area contributed by atoms with Gasteiger partial charge in [0, 0.05) is 171 Å². The third-order valence-electron chi connectivity index (χ3n) is 19.1. The molecule has 14 aromatic heterocycles. The van der Waals surface area contributed by atoms with E-state index in [2.05, 4.69) is 97.2 Å². The number of carbonyl (C=O) groups excluding carboxylic acids is 7. The van der Waals surface area contributed by atoms with E-state index < -0.39 is 75.6 Å². The van der Waals surface area contributed by atoms with Crippen LogP contribution in [0.3, 0.4) is 0 Å². The van der Waals surface area contributed by atoms with E-state index in [1.807, 2.05) is 63.6 Å². The van der Waals surface area contributed by atoms with Crippen molar-refractivity contribution in [1.82, 2.24) is 90.2 Å². The Morgan fingerprint density at radius 2 is 0.892 bits per heavy atom. The number of carboxylic acids is 1. The van der Waals surface area contributed by atoms with E-state index in [-0.39, 0.29) is 103 Å². The number of halogens is 5. The van der Waals surface area contributed by atoms with E-state index in [0.29, 0.717) is 62.5 Å². The Labute approximate surface area is 823 Å². The number of nitrogens with zero attached hydrogens (tertiary/aromatic N) is 15. The monoisotopic (exact) mass is 1960 g/mol. The Morgan fingerprint density at radius 1 is 0.496 bits per heavy atom. The maximum Gasteiger partial charge on any atom is 1.00 e. The number of ether oxygens (including phenoxy) is 3. The molecule has 1 aliphatic heterocycles. The molecule has 0 radical (unpaired) electrons. The van der Waals surface area contributed by atoms with E-state index in [9.17, 15) is 65.5 Å². The summed E-state index contributed by atoms with van der Waals surface area (Å²) in [4.78, 5) is 169. The minimum absolute atomic E-state index is 0. The number of nitrogens with one attached hydrogen (secondary N) is 9. The van der Waals surface area contributed by atoms with Gasteiger partial charge in [0.15, 0.2) is 40.6 Å². The van der Waals surface area contributed by atoms with Gasteiger partial charge in [-0.1, -0.05) is 17.2 Å². The molecular formula is C93H90ClF4N24NaO14S2. The maximum absolute atomic E-state index is 13.5. The molecule has 139 heavy (non-hydrogen) atoms. The fourth-order valence-corrected chi connectivity index (χ4v) is 14.8. The second-order valence-electron chi connectivity index (χ2n) is 31.4. The minimum atomic E-state index is -1.33. The van der Waals surface area contributed by atoms with Crippen LogP contribution >= 0.6 is 34.3 Å². The van der Waals surface area contributed by atoms with Crippen LogP contribution in [-0.4, -0.2) is 171 Å². The number of fused-ring (bicyclic) bond motifs is 5. The van der Waals surface area contributed by atoms with Crippen LogP contribution in [0, 0.1) is 23.3 Å². The number of azide groups is 1. The number of alkyl halides is 1. The van der Waals surface area contributed by atoms with E-state index in [4.69, 9.17) is 47.5 Å². The zero-order chi connectivity index (χ0) is 99.4. The molecule has 17 rings (SSSR count). The standard InChI is InChI=1S/C25H19F2N5O2S.C17H20N4O2S.C16H20N4O4.C13H9F2NO3.C9H7ClN2O.C9H7N5O.C4H8O.N3.Na/c26-20-6-5-15(9-21(20)27)14-32-8-2-4-19(25(32)34)24(33)31-13-22-29-12-17(35-22)10-16-11-30-23-18(16)3-1-7-28-23;1-17(2,3)23-16(22)21-10-14-19-9-12(24-14)7-11-8-20-15-13(11)5-4-6-18-15;1-16(2,3)24-15(23)20-9-13(22)18-8-12(21)11-7-19-14-10(11)5-4-6-17-14;14-10-4-3-8(6-11(10)15)7-16-5-1-2-9(12(16)17)13(18)19;10-4-8(13)7-5-12-9-6(7)2-1-3-11-9;10-14-13-5-8(15)7-4-12-9-6(7)2-1-3-11-9;1-2-4-5-3-1;1-3-2;/h1-9,11-12H,10,13-14H2,(H,28,30)(H,31,33);4-6,8-9H,7,10H2,1-3H3,(H,18,20)(H,21,22);4-7H,8-9H2,1-3H3,(H,17,19)(H,18,22)(H,20,23);1-6H,7H2,(H,18,19);1-3,5H,4H2,(H,11,12);1-4H,5H2,(H,11,12);1-4H2;;/q;;;;;;;-1;+1. The second kappa shape index (κ2) is 52.6. The van der Waals surface area contributed by atoms with Crippen molar-refractivity contribution < 1.29 is 105 Å². The first kappa shape index (κ1) is 107. The van der Waals surface area contributed by atoms with Crippen LogP contribution in [0.15, 0.2) is 223 Å². The van der Waals surface area contributed by atoms with Crippen molar-refractivity contribution in [2.24, 2.45) is 5.11 Å². The van der Waals surface area contributed by atoms with E-state index in [0.717, 1.165) is 107 Å². The molecular weight excluding hydrogens is 1880 g/mol. The average molecular weight is 1970 g/mol. The van der Waals surface area contributed by atoms with Crippen molar-refractivity contribution in [2.45, 2.75) is 105 Å². The molecule has 1 fully saturated rings. The van der Waals surface area contributed by atoms with Crippen LogP contribution in [0.25, 0.3) is 81.6 Å². The largest absolute Gasteiger partial charge is 1.00 e. The van der Waals surface area contributed by atoms with Gasteiger partial charge in [0.25, 0.3) is 17.0 Å². The number of Topliss-reactive ketones (excluding diaryl/α,β-unsaturated/α-hetero) is 3. The maximum atomic E-state index is 13.5. The molecule has 38 nitrogen and oxygen atoms in total. The molecule has 0 aliphatic carbocycles. The third-order valence-corrected chi connectivity index (χ3v) is 21.3. The number of aromatic carboxylic acids is 1. The number of carbonyl (C=O) groups is 8. The Kier molecular flexibility index (Phi) is 40.6. The topological polar surface area (TPSA) is 553 Å². The number of carboxylic acid groups (broad SMARTS) is 1. The van der Waals surface area contributed by atoms with Crippen LogP contribution in [0.2, 0.25) is 0 Å². The van der Waals surface area contributed by atoms with Crippen molar-refractivity contribution in [3.63, 3.8) is 0 Å². The van der Waals surface area contributed by atoms with Gasteiger partial charge in [-0.05, 0) is 191 Å². The summed E-state index contributed by atoms with van der Waals surface area (Å²) < 4.78 is 70.0. The van der Waals surface area contributed by atoms with Gasteiger partial charge in [-0.3, -0.25) is 38.5 Å². The summed E-state index contributed by atoms with van der Waals surface area (Å²) in [5.74, 6) is -6.83. The van der Waals surface area contributed by atoms with Gasteiger partial charge in [-0.2, -0.15) is 0 Å². The Balaban J connectivity index is 0.000000188. The number of aromatic nitrogens is 14. The Bertz CT molecular complexity index is 7180. The van der Waals surface area contributed by atoms with E-state index in [1.165, 1.54) is 81.9 Å². The first-order valence-corrected chi connectivity index (χ1v) is 44.0. The van der Waals surface area contributed by atoms with Crippen LogP contribution in [0.5, 0.6) is 0 Å². The molecule has 16 aromatic rings. The third kappa shape index (κ3) is 32.7. The molecule has 46 heteroatoms. The van der Waals surface area contributed by atoms with Gasteiger partial charge in [-0.15, -0.1) is 34.3 Å². The fourth-order valence-electron chi connectivity index (χ4n) is 12.9. The Morgan fingerprint density at radius 3 is 1.30 bits per heavy atom. The van der Waals surface area contributed by atoms with Gasteiger partial charge in [0.2, 0.25) is 5.91 Å². The summed E-state index contributed by atoms with van der Waals surface area (Å²) in [7, 11) is 0. The number of H-pyrrole nitrogens is 5. The van der Waals surface area contributed by atoms with Crippen molar-refractivity contribution in [3.8, 4) is 0 Å². The number of amides is 4. The van der Waals surface area contributed by atoms with Gasteiger partial charge in [0.1, 0.15) is 67.1 Å². The Hall–Kier alpha value is -15.4. The molecule has 4 amide bonds. The molecule has 0 atom stereocenters. The predicted octanol–water partition coefficient (Wildman–Crippen LogP) is 13.6. The summed E-state index contributed by atoms with van der Waals surface area (Å²) in [6.07, 6.45) is 26.6. The first-order chi connectivity index (χ1) is 66.2. The van der Waals surface area contributed by atoms with Gasteiger partial charge >= 0.3 is 47.7 Å². The van der Waals surface area contributed by atoms with Crippen molar-refractivity contribution in [2.75, 3.05) is 38.7 Å². The van der Waals surface area contributed by atoms with Crippen LogP contribution in [0.4, 0.5) is 27.2 Å². The summed E-state index contributed by atoms with van der Waals surface area (Å²) in [5.41, 5.74) is 27.2. The number of hydrogen-bond acceptors (Lipinski definition) is 23. The zero-order valence-electron chi connectivity index (χ0n) is 75.7. The van der Waals surface area contributed by atoms with Crippen molar-refractivity contribution >= 4 is 137 Å². The van der Waals surface area contributed by atoms with Crippen LogP contribution in [0.1, 0.15) is 148 Å². The number of aromatic amines is 5. The second-order valence-corrected chi connectivity index (χ2v) is 34.1. The van der Waals surface area contributed by atoms with Crippen molar-refractivity contribution in [3.05, 3.63) is 348 Å². The zero-order valence-corrected chi connectivity index (χ0v) is 80.1. The van der Waals surface area contributed by atoms with Gasteiger partial charge in [0.05, 0.1) is 45.1 Å². The molecule has 0 spiro atoms. The predicted molar refractivity (Wildman–Crippen MR) is 509 cm³/mol. The molecule has 714 valence electrons. The SMILES string of the molecule is C1CCOC1.CC(C)(C)OC(=O)NCC(=O)NCC(=O)c1c[nH]c2ncccc12.CC(C)(C)OC(=O)NCc1ncc(Cc2c[nH]c3ncccc23)s1.O=C(CCl)c1c[nH]c2ncccc12.O=C(NCc1ncc(Cc2c[nH]c3ncccc23)s1)c1cccn(Cc2ccc(F)c(F)c2)c1=O.O=C(O)c1cccn(Cc2ccc(F)c(F)c2)c1=O.[N-]=[N+]=NCC(=O)c1c[nH]c2ncccc12.[N-]=[N+]=[N-].[Na+].